The molecule has 0 spiro atoms. The van der Waals surface area contributed by atoms with Crippen molar-refractivity contribution in [2.24, 2.45) is 4.99 Å². The van der Waals surface area contributed by atoms with Gasteiger partial charge in [-0.1, -0.05) is 18.2 Å². The summed E-state index contributed by atoms with van der Waals surface area (Å²) >= 11 is 0. The van der Waals surface area contributed by atoms with Crippen molar-refractivity contribution in [3.05, 3.63) is 78.8 Å². The number of para-hydroxylation sites is 1. The van der Waals surface area contributed by atoms with E-state index in [9.17, 15) is 19.5 Å². The molecule has 2 aromatic heterocycles. The van der Waals surface area contributed by atoms with Crippen LogP contribution >= 0.6 is 0 Å². The summed E-state index contributed by atoms with van der Waals surface area (Å²) in [6.07, 6.45) is 1.22. The maximum absolute atomic E-state index is 12.6. The fourth-order valence-corrected chi connectivity index (χ4v) is 4.05. The second-order valence-corrected chi connectivity index (χ2v) is 7.94. The Kier molecular flexibility index (Phi) is 5.38. The predicted octanol–water partition coefficient (Wildman–Crippen LogP) is 1.30. The number of fused-ring (bicyclic) bond motifs is 1. The summed E-state index contributed by atoms with van der Waals surface area (Å²) in [6.45, 7) is 4.15. The minimum absolute atomic E-state index is 0.168. The molecule has 0 saturated carbocycles. The summed E-state index contributed by atoms with van der Waals surface area (Å²) in [5.74, 6) is -0.518. The number of ether oxygens (including phenoxy) is 1. The molecule has 0 radical (unpaired) electrons. The molecular weight excluding hydrogens is 440 g/mol. The quantitative estimate of drug-likeness (QED) is 0.336. The smallest absolute Gasteiger partial charge is 0.335 e. The Morgan fingerprint density at radius 2 is 1.71 bits per heavy atom. The number of aromatic hydroxyl groups is 1. The number of hydrogen-bond donors (Lipinski definition) is 4. The number of aromatic nitrogens is 4. The number of anilines is 1. The van der Waals surface area contributed by atoms with Crippen LogP contribution in [0.15, 0.2) is 55.8 Å². The van der Waals surface area contributed by atoms with Crippen molar-refractivity contribution in [1.82, 2.24) is 19.5 Å². The van der Waals surface area contributed by atoms with Gasteiger partial charge in [0, 0.05) is 19.3 Å². The number of nitrogens with zero attached hydrogens (tertiary/aromatic N) is 3. The third-order valence-corrected chi connectivity index (χ3v) is 5.77. The molecule has 1 fully saturated rings. The van der Waals surface area contributed by atoms with Crippen LogP contribution in [0.25, 0.3) is 16.7 Å². The third kappa shape index (κ3) is 3.82. The molecule has 11 heteroatoms. The van der Waals surface area contributed by atoms with Gasteiger partial charge in [0.25, 0.3) is 5.56 Å². The lowest BCUT2D eigenvalue weighted by atomic mass is 10.2. The largest absolute Gasteiger partial charge is 0.493 e. The number of imidazole rings is 1. The molecule has 1 aliphatic rings. The Morgan fingerprint density at radius 3 is 2.44 bits per heavy atom. The van der Waals surface area contributed by atoms with Crippen molar-refractivity contribution in [3.8, 4) is 11.6 Å². The van der Waals surface area contributed by atoms with Crippen molar-refractivity contribution >= 4 is 28.6 Å². The first-order chi connectivity index (χ1) is 16.4. The monoisotopic (exact) mass is 462 g/mol. The van der Waals surface area contributed by atoms with Gasteiger partial charge in [-0.05, 0) is 30.7 Å². The fourth-order valence-electron chi connectivity index (χ4n) is 4.05. The van der Waals surface area contributed by atoms with E-state index < -0.39 is 17.1 Å². The molecule has 0 unspecified atom stereocenters. The van der Waals surface area contributed by atoms with Gasteiger partial charge >= 0.3 is 11.4 Å². The van der Waals surface area contributed by atoms with Crippen molar-refractivity contribution < 1.29 is 9.84 Å². The zero-order valence-corrected chi connectivity index (χ0v) is 18.3. The van der Waals surface area contributed by atoms with Crippen LogP contribution in [-0.4, -0.2) is 57.1 Å². The number of morpholine rings is 1. The van der Waals surface area contributed by atoms with E-state index >= 15 is 0 Å². The van der Waals surface area contributed by atoms with Crippen molar-refractivity contribution in [2.45, 2.75) is 6.92 Å². The summed E-state index contributed by atoms with van der Waals surface area (Å²) in [5, 5.41) is 10.9. The first-order valence-corrected chi connectivity index (χ1v) is 10.7. The van der Waals surface area contributed by atoms with E-state index in [1.54, 1.807) is 31.2 Å². The van der Waals surface area contributed by atoms with Crippen LogP contribution < -0.4 is 21.8 Å². The van der Waals surface area contributed by atoms with Gasteiger partial charge in [-0.25, -0.2) is 14.2 Å². The van der Waals surface area contributed by atoms with E-state index in [4.69, 9.17) is 4.74 Å². The van der Waals surface area contributed by atoms with Gasteiger partial charge in [0.2, 0.25) is 5.88 Å². The molecule has 0 bridgehead atoms. The van der Waals surface area contributed by atoms with Gasteiger partial charge in [-0.15, -0.1) is 0 Å². The molecule has 4 aromatic rings. The summed E-state index contributed by atoms with van der Waals surface area (Å²) in [7, 11) is 0. The minimum atomic E-state index is -0.764. The predicted molar refractivity (Wildman–Crippen MR) is 128 cm³/mol. The van der Waals surface area contributed by atoms with E-state index in [-0.39, 0.29) is 11.3 Å². The molecule has 0 aliphatic carbocycles. The lowest BCUT2D eigenvalue weighted by Gasteiger charge is -2.29. The van der Waals surface area contributed by atoms with Crippen LogP contribution in [0.4, 0.5) is 11.4 Å². The number of benzene rings is 2. The molecule has 3 heterocycles. The summed E-state index contributed by atoms with van der Waals surface area (Å²) < 4.78 is 6.47. The van der Waals surface area contributed by atoms with E-state index in [0.29, 0.717) is 48.7 Å². The molecule has 4 N–H and O–H groups in total. The van der Waals surface area contributed by atoms with Gasteiger partial charge in [-0.3, -0.25) is 14.8 Å². The third-order valence-electron chi connectivity index (χ3n) is 5.77. The van der Waals surface area contributed by atoms with Gasteiger partial charge in [0.1, 0.15) is 5.56 Å². The Labute approximate surface area is 192 Å². The molecule has 5 rings (SSSR count). The summed E-state index contributed by atoms with van der Waals surface area (Å²) in [6, 6.07) is 10.5. The highest BCUT2D eigenvalue weighted by Gasteiger charge is 2.18. The lowest BCUT2D eigenvalue weighted by molar-refractivity contribution is 0.123. The highest BCUT2D eigenvalue weighted by atomic mass is 16.5. The normalized spacial score (nSPS) is 14.3. The summed E-state index contributed by atoms with van der Waals surface area (Å²) in [5.41, 5.74) is 1.55. The van der Waals surface area contributed by atoms with Crippen LogP contribution in [0.2, 0.25) is 0 Å². The number of rotatable bonds is 4. The molecule has 1 aliphatic heterocycles. The fraction of sp³-hybridized carbons (Fsp3) is 0.217. The molecule has 34 heavy (non-hydrogen) atoms. The standard InChI is InChI=1S/C23H22N6O5/c1-13-4-2-3-5-18(13)29-21(31)14(20(30)27-23(29)33)12-24-17-10-15-16(26-22(32)25-15)11-19(17)28-6-8-34-9-7-28/h2-5,10-12,31H,6-9H2,1H3,(H2,25,26,32)(H,27,30,33). The van der Waals surface area contributed by atoms with E-state index in [1.807, 2.05) is 12.1 Å². The Bertz CT molecular complexity index is 1590. The number of nitrogens with one attached hydrogen (secondary N) is 3. The Balaban J connectivity index is 1.65. The van der Waals surface area contributed by atoms with Crippen LogP contribution in [0.5, 0.6) is 5.88 Å². The average molecular weight is 462 g/mol. The number of aliphatic imine (C=N–C) groups is 1. The first-order valence-electron chi connectivity index (χ1n) is 10.7. The van der Waals surface area contributed by atoms with E-state index in [0.717, 1.165) is 15.8 Å². The highest BCUT2D eigenvalue weighted by Crippen LogP contribution is 2.33. The number of H-pyrrole nitrogens is 3. The van der Waals surface area contributed by atoms with Crippen LogP contribution in [0, 0.1) is 6.92 Å². The number of aryl methyl sites for hydroxylation is 1. The second-order valence-electron chi connectivity index (χ2n) is 7.94. The molecule has 0 amide bonds. The lowest BCUT2D eigenvalue weighted by Crippen LogP contribution is -2.36. The van der Waals surface area contributed by atoms with E-state index in [2.05, 4.69) is 24.8 Å². The molecule has 0 atom stereocenters. The van der Waals surface area contributed by atoms with Crippen molar-refractivity contribution in [1.29, 1.82) is 0 Å². The number of aromatic amines is 3. The van der Waals surface area contributed by atoms with Crippen LogP contribution in [0.1, 0.15) is 11.1 Å². The SMILES string of the molecule is Cc1ccccc1-n1c(O)c(C=Nc2cc3[nH]c(=O)[nH]c3cc2N2CCOCC2)c(=O)[nH]c1=O. The Hall–Kier alpha value is -4.38. The van der Waals surface area contributed by atoms with E-state index in [1.165, 1.54) is 6.21 Å². The van der Waals surface area contributed by atoms with Crippen molar-refractivity contribution in [2.75, 3.05) is 31.2 Å². The highest BCUT2D eigenvalue weighted by molar-refractivity contribution is 5.91. The maximum Gasteiger partial charge on any atom is 0.335 e. The number of hydrogen-bond acceptors (Lipinski definition) is 7. The minimum Gasteiger partial charge on any atom is -0.493 e. The molecular formula is C23H22N6O5. The Morgan fingerprint density at radius 1 is 1.00 bits per heavy atom. The van der Waals surface area contributed by atoms with Gasteiger partial charge in [0.05, 0.1) is 41.3 Å². The van der Waals surface area contributed by atoms with Gasteiger partial charge in [-0.2, -0.15) is 0 Å². The van der Waals surface area contributed by atoms with Crippen molar-refractivity contribution in [3.63, 3.8) is 0 Å². The van der Waals surface area contributed by atoms with Gasteiger partial charge < -0.3 is 24.7 Å². The summed E-state index contributed by atoms with van der Waals surface area (Å²) in [4.78, 5) is 51.1. The maximum atomic E-state index is 12.6. The van der Waals surface area contributed by atoms with Crippen LogP contribution in [-0.2, 0) is 4.74 Å². The first kappa shape index (κ1) is 21.5. The molecule has 11 nitrogen and oxygen atoms in total. The molecule has 174 valence electrons. The molecule has 1 saturated heterocycles. The molecule has 2 aromatic carbocycles. The zero-order valence-electron chi connectivity index (χ0n) is 18.3. The van der Waals surface area contributed by atoms with Gasteiger partial charge in [0.15, 0.2) is 0 Å². The second kappa shape index (κ2) is 8.52. The van der Waals surface area contributed by atoms with Crippen LogP contribution in [0.3, 0.4) is 0 Å². The average Bonchev–Trinajstić information content (AvgIpc) is 3.19. The topological polar surface area (TPSA) is 149 Å². The zero-order chi connectivity index (χ0) is 23.8.